The lowest BCUT2D eigenvalue weighted by molar-refractivity contribution is 0.363. The summed E-state index contributed by atoms with van der Waals surface area (Å²) in [6.07, 6.45) is 3.53. The number of hydrogen-bond donors (Lipinski definition) is 0. The fourth-order valence-electron chi connectivity index (χ4n) is 5.25. The third-order valence-corrected chi connectivity index (χ3v) is 6.76. The molecule has 0 heterocycles. The van der Waals surface area contributed by atoms with Gasteiger partial charge in [-0.1, -0.05) is 97.1 Å². The third kappa shape index (κ3) is 3.85. The number of benzene rings is 4. The zero-order valence-electron chi connectivity index (χ0n) is 20.4. The number of fused-ring (bicyclic) bond motifs is 3. The minimum atomic E-state index is -0.448. The molecule has 35 heavy (non-hydrogen) atoms. The van der Waals surface area contributed by atoms with Crippen LogP contribution in [0.3, 0.4) is 0 Å². The highest BCUT2D eigenvalue weighted by atomic mass is 16.5. The van der Waals surface area contributed by atoms with Gasteiger partial charge in [0.25, 0.3) is 0 Å². The van der Waals surface area contributed by atoms with Crippen LogP contribution in [-0.4, -0.2) is 13.2 Å². The Morgan fingerprint density at radius 1 is 0.600 bits per heavy atom. The van der Waals surface area contributed by atoms with Gasteiger partial charge >= 0.3 is 0 Å². The maximum atomic E-state index is 5.80. The monoisotopic (exact) mass is 458 g/mol. The molecule has 174 valence electrons. The molecule has 0 fully saturated rings. The molecule has 2 nitrogen and oxygen atoms in total. The molecule has 5 rings (SSSR count). The quantitative estimate of drug-likeness (QED) is 0.221. The van der Waals surface area contributed by atoms with Gasteiger partial charge in [0.15, 0.2) is 0 Å². The number of rotatable bonds is 8. The first kappa shape index (κ1) is 22.7. The molecular weight excluding hydrogens is 428 g/mol. The SMILES string of the molecule is C=CCOc1ccc(C2(c3ccc(OCC=C)cc3)c3cc(C)ccc3-c3ccc(C)cc32)cc1. The van der Waals surface area contributed by atoms with Crippen molar-refractivity contribution in [2.45, 2.75) is 19.3 Å². The molecule has 0 aromatic heterocycles. The molecule has 4 aromatic rings. The molecular formula is C33H30O2. The standard InChI is InChI=1S/C33H30O2/c1-5-19-34-27-13-9-25(10-14-27)33(26-11-15-28(16-12-26)35-20-6-2)31-21-23(3)7-17-29(31)30-18-8-24(4)22-32(30)33/h5-18,21-22H,1-2,19-20H2,3-4H3. The van der Waals surface area contributed by atoms with E-state index in [9.17, 15) is 0 Å². The van der Waals surface area contributed by atoms with Crippen LogP contribution in [-0.2, 0) is 5.41 Å². The van der Waals surface area contributed by atoms with Gasteiger partial charge in [0.05, 0.1) is 5.41 Å². The Bertz CT molecular complexity index is 1270. The van der Waals surface area contributed by atoms with Gasteiger partial charge in [0.2, 0.25) is 0 Å². The predicted molar refractivity (Wildman–Crippen MR) is 145 cm³/mol. The average molecular weight is 459 g/mol. The Kier molecular flexibility index (Phi) is 6.05. The molecule has 1 aliphatic carbocycles. The van der Waals surface area contributed by atoms with Crippen LogP contribution >= 0.6 is 0 Å². The van der Waals surface area contributed by atoms with Gasteiger partial charge in [-0.05, 0) is 71.5 Å². The van der Waals surface area contributed by atoms with Gasteiger partial charge in [-0.25, -0.2) is 0 Å². The molecule has 0 spiro atoms. The third-order valence-electron chi connectivity index (χ3n) is 6.76. The van der Waals surface area contributed by atoms with Crippen LogP contribution in [0.4, 0.5) is 0 Å². The first-order chi connectivity index (χ1) is 17.1. The fourth-order valence-corrected chi connectivity index (χ4v) is 5.25. The minimum Gasteiger partial charge on any atom is -0.490 e. The van der Waals surface area contributed by atoms with E-state index in [1.807, 2.05) is 0 Å². The summed E-state index contributed by atoms with van der Waals surface area (Å²) in [4.78, 5) is 0. The van der Waals surface area contributed by atoms with Crippen molar-refractivity contribution < 1.29 is 9.47 Å². The van der Waals surface area contributed by atoms with Crippen molar-refractivity contribution in [3.05, 3.63) is 144 Å². The second-order valence-corrected chi connectivity index (χ2v) is 9.10. The maximum absolute atomic E-state index is 5.80. The maximum Gasteiger partial charge on any atom is 0.119 e. The second-order valence-electron chi connectivity index (χ2n) is 9.10. The summed E-state index contributed by atoms with van der Waals surface area (Å²) in [6, 6.07) is 30.7. The van der Waals surface area contributed by atoms with Crippen LogP contribution in [0.2, 0.25) is 0 Å². The van der Waals surface area contributed by atoms with Gasteiger partial charge in [-0.2, -0.15) is 0 Å². The van der Waals surface area contributed by atoms with Crippen molar-refractivity contribution in [1.29, 1.82) is 0 Å². The van der Waals surface area contributed by atoms with Gasteiger partial charge < -0.3 is 9.47 Å². The molecule has 0 atom stereocenters. The number of aryl methyl sites for hydroxylation is 2. The normalized spacial score (nSPS) is 13.0. The van der Waals surface area contributed by atoms with Crippen LogP contribution in [0.5, 0.6) is 11.5 Å². The van der Waals surface area contributed by atoms with E-state index < -0.39 is 5.41 Å². The second kappa shape index (κ2) is 9.31. The molecule has 2 heteroatoms. The van der Waals surface area contributed by atoms with Gasteiger partial charge in [0, 0.05) is 0 Å². The zero-order valence-corrected chi connectivity index (χ0v) is 20.4. The lowest BCUT2D eigenvalue weighted by Gasteiger charge is -2.34. The van der Waals surface area contributed by atoms with Crippen molar-refractivity contribution in [1.82, 2.24) is 0 Å². The van der Waals surface area contributed by atoms with Crippen molar-refractivity contribution in [2.75, 3.05) is 13.2 Å². The summed E-state index contributed by atoms with van der Waals surface area (Å²) in [5.74, 6) is 1.67. The molecule has 0 saturated heterocycles. The molecule has 0 amide bonds. The lowest BCUT2D eigenvalue weighted by Crippen LogP contribution is -2.28. The lowest BCUT2D eigenvalue weighted by atomic mass is 9.67. The van der Waals surface area contributed by atoms with Gasteiger partial charge in [-0.15, -0.1) is 0 Å². The highest BCUT2D eigenvalue weighted by Crippen LogP contribution is 2.56. The highest BCUT2D eigenvalue weighted by Gasteiger charge is 2.46. The first-order valence-corrected chi connectivity index (χ1v) is 12.0. The molecule has 1 aliphatic rings. The molecule has 0 bridgehead atoms. The van der Waals surface area contributed by atoms with Crippen LogP contribution in [0.25, 0.3) is 11.1 Å². The molecule has 0 unspecified atom stereocenters. The zero-order chi connectivity index (χ0) is 24.4. The van der Waals surface area contributed by atoms with E-state index in [2.05, 4.69) is 112 Å². The molecule has 0 saturated carbocycles. The highest BCUT2D eigenvalue weighted by molar-refractivity contribution is 5.86. The fraction of sp³-hybridized carbons (Fsp3) is 0.152. The average Bonchev–Trinajstić information content (AvgIpc) is 3.16. The van der Waals surface area contributed by atoms with E-state index in [0.29, 0.717) is 13.2 Å². The van der Waals surface area contributed by atoms with E-state index in [-0.39, 0.29) is 0 Å². The van der Waals surface area contributed by atoms with Crippen LogP contribution in [0, 0.1) is 13.8 Å². The smallest absolute Gasteiger partial charge is 0.119 e. The molecule has 0 radical (unpaired) electrons. The summed E-state index contributed by atoms with van der Waals surface area (Å²) in [6.45, 7) is 12.8. The van der Waals surface area contributed by atoms with Gasteiger partial charge in [-0.3, -0.25) is 0 Å². The largest absolute Gasteiger partial charge is 0.490 e. The van der Waals surface area contributed by atoms with Crippen molar-refractivity contribution in [3.8, 4) is 22.6 Å². The van der Waals surface area contributed by atoms with E-state index in [0.717, 1.165) is 11.5 Å². The topological polar surface area (TPSA) is 18.5 Å². The molecule has 4 aromatic carbocycles. The summed E-state index contributed by atoms with van der Waals surface area (Å²) in [5.41, 5.74) is 9.63. The van der Waals surface area contributed by atoms with Crippen LogP contribution < -0.4 is 9.47 Å². The Balaban J connectivity index is 1.78. The summed E-state index contributed by atoms with van der Waals surface area (Å²) < 4.78 is 11.6. The van der Waals surface area contributed by atoms with Crippen molar-refractivity contribution >= 4 is 0 Å². The van der Waals surface area contributed by atoms with E-state index in [1.54, 1.807) is 12.2 Å². The first-order valence-electron chi connectivity index (χ1n) is 12.0. The van der Waals surface area contributed by atoms with Crippen LogP contribution in [0.15, 0.2) is 110 Å². The summed E-state index contributed by atoms with van der Waals surface area (Å²) >= 11 is 0. The molecule has 0 aliphatic heterocycles. The molecule has 0 N–H and O–H groups in total. The predicted octanol–water partition coefficient (Wildman–Crippen LogP) is 7.80. The Hall–Kier alpha value is -4.04. The Morgan fingerprint density at radius 2 is 1.00 bits per heavy atom. The van der Waals surface area contributed by atoms with Crippen molar-refractivity contribution in [3.63, 3.8) is 0 Å². The van der Waals surface area contributed by atoms with Gasteiger partial charge in [0.1, 0.15) is 24.7 Å². The van der Waals surface area contributed by atoms with Crippen molar-refractivity contribution in [2.24, 2.45) is 0 Å². The Morgan fingerprint density at radius 3 is 1.37 bits per heavy atom. The van der Waals surface area contributed by atoms with E-state index >= 15 is 0 Å². The number of ether oxygens (including phenoxy) is 2. The van der Waals surface area contributed by atoms with Crippen LogP contribution in [0.1, 0.15) is 33.4 Å². The Labute approximate surface area is 208 Å². The number of hydrogen-bond acceptors (Lipinski definition) is 2. The summed E-state index contributed by atoms with van der Waals surface area (Å²) in [5, 5.41) is 0. The minimum absolute atomic E-state index is 0.448. The summed E-state index contributed by atoms with van der Waals surface area (Å²) in [7, 11) is 0. The van der Waals surface area contributed by atoms with E-state index in [1.165, 1.54) is 44.5 Å². The van der Waals surface area contributed by atoms with E-state index in [4.69, 9.17) is 9.47 Å².